The Morgan fingerprint density at radius 2 is 1.90 bits per heavy atom. The Kier molecular flexibility index (Phi) is 4.68. The van der Waals surface area contributed by atoms with Crippen LogP contribution in [0.25, 0.3) is 11.3 Å². The summed E-state index contributed by atoms with van der Waals surface area (Å²) >= 11 is 6.28. The first-order valence-electron chi connectivity index (χ1n) is 10.4. The molecule has 2 aromatic carbocycles. The van der Waals surface area contributed by atoms with Crippen molar-refractivity contribution >= 4 is 11.6 Å². The Hall–Kier alpha value is -2.30. The highest BCUT2D eigenvalue weighted by Gasteiger charge is 2.63. The summed E-state index contributed by atoms with van der Waals surface area (Å²) in [4.78, 5) is 0. The van der Waals surface area contributed by atoms with Gasteiger partial charge in [0.2, 0.25) is 0 Å². The van der Waals surface area contributed by atoms with E-state index in [1.165, 1.54) is 11.6 Å². The predicted molar refractivity (Wildman–Crippen MR) is 116 cm³/mol. The number of hydrogen-bond acceptors (Lipinski definition) is 3. The van der Waals surface area contributed by atoms with Crippen LogP contribution in [-0.4, -0.2) is 16.8 Å². The van der Waals surface area contributed by atoms with Crippen molar-refractivity contribution in [3.63, 3.8) is 0 Å². The molecule has 154 valence electrons. The number of ether oxygens (including phenoxy) is 1. The highest BCUT2D eigenvalue weighted by Crippen LogP contribution is 2.67. The molecular formula is C25H24ClFN2O. The van der Waals surface area contributed by atoms with Gasteiger partial charge in [-0.2, -0.15) is 10.2 Å². The van der Waals surface area contributed by atoms with E-state index in [4.69, 9.17) is 16.3 Å². The van der Waals surface area contributed by atoms with Gasteiger partial charge in [0, 0.05) is 5.41 Å². The van der Waals surface area contributed by atoms with Crippen LogP contribution in [0.3, 0.4) is 0 Å². The van der Waals surface area contributed by atoms with Crippen molar-refractivity contribution < 1.29 is 9.13 Å². The van der Waals surface area contributed by atoms with Gasteiger partial charge >= 0.3 is 0 Å². The molecule has 0 saturated heterocycles. The lowest BCUT2D eigenvalue weighted by atomic mass is 9.69. The third-order valence-corrected chi connectivity index (χ3v) is 7.61. The van der Waals surface area contributed by atoms with E-state index in [1.54, 1.807) is 12.1 Å². The average molecular weight is 423 g/mol. The fraction of sp³-hybridized carbons (Fsp3) is 0.360. The van der Waals surface area contributed by atoms with Crippen LogP contribution in [0, 0.1) is 11.2 Å². The molecule has 2 aliphatic rings. The number of aromatic nitrogens is 2. The smallest absolute Gasteiger partial charge is 0.134 e. The van der Waals surface area contributed by atoms with Gasteiger partial charge in [-0.05, 0) is 53.5 Å². The molecule has 0 radical (unpaired) electrons. The van der Waals surface area contributed by atoms with Crippen molar-refractivity contribution in [2.75, 3.05) is 6.61 Å². The summed E-state index contributed by atoms with van der Waals surface area (Å²) in [5, 5.41) is 9.40. The Morgan fingerprint density at radius 3 is 2.67 bits per heavy atom. The fourth-order valence-corrected chi connectivity index (χ4v) is 5.79. The monoisotopic (exact) mass is 422 g/mol. The van der Waals surface area contributed by atoms with Gasteiger partial charge in [0.05, 0.1) is 35.2 Å². The number of benzene rings is 2. The van der Waals surface area contributed by atoms with E-state index in [2.05, 4.69) is 36.2 Å². The van der Waals surface area contributed by atoms with Gasteiger partial charge in [-0.1, -0.05) is 61.8 Å². The summed E-state index contributed by atoms with van der Waals surface area (Å²) < 4.78 is 20.7. The first-order valence-corrected chi connectivity index (χ1v) is 10.8. The first-order chi connectivity index (χ1) is 14.4. The molecule has 1 heterocycles. The lowest BCUT2D eigenvalue weighted by molar-refractivity contribution is 0.0309. The maximum absolute atomic E-state index is 14.5. The van der Waals surface area contributed by atoms with Crippen molar-refractivity contribution in [3.05, 3.63) is 82.3 Å². The molecular weight excluding hydrogens is 399 g/mol. The highest BCUT2D eigenvalue weighted by atomic mass is 35.5. The molecule has 0 aliphatic heterocycles. The maximum atomic E-state index is 14.5. The minimum Gasteiger partial charge on any atom is -0.376 e. The molecule has 0 spiro atoms. The van der Waals surface area contributed by atoms with Gasteiger partial charge < -0.3 is 4.74 Å². The van der Waals surface area contributed by atoms with E-state index in [0.29, 0.717) is 35.4 Å². The second-order valence-corrected chi connectivity index (χ2v) is 9.41. The van der Waals surface area contributed by atoms with E-state index in [9.17, 15) is 4.39 Å². The van der Waals surface area contributed by atoms with E-state index in [1.807, 2.05) is 24.3 Å². The third-order valence-electron chi connectivity index (χ3n) is 7.30. The van der Waals surface area contributed by atoms with E-state index < -0.39 is 0 Å². The Morgan fingerprint density at radius 1 is 1.10 bits per heavy atom. The molecule has 0 N–H and O–H groups in total. The Labute approximate surface area is 181 Å². The van der Waals surface area contributed by atoms with Crippen molar-refractivity contribution in [2.45, 2.75) is 44.6 Å². The van der Waals surface area contributed by atoms with Crippen molar-refractivity contribution in [3.8, 4) is 11.3 Å². The standard InChI is InChI=1S/C25H24ClFN2O/c1-24(2)18-11-12-25(24,15-30-14-16-7-4-3-5-8-16)23-17(18)13-21(28-29-23)22-19(26)9-6-10-20(22)27/h3-10,13,18H,11-12,14-15H2,1-2H3/t18-,25-/m1/s1. The molecule has 1 fully saturated rings. The summed E-state index contributed by atoms with van der Waals surface area (Å²) in [7, 11) is 0. The topological polar surface area (TPSA) is 35.0 Å². The van der Waals surface area contributed by atoms with Crippen LogP contribution in [0.5, 0.6) is 0 Å². The summed E-state index contributed by atoms with van der Waals surface area (Å²) in [5.41, 5.74) is 3.98. The second kappa shape index (κ2) is 7.14. The number of hydrogen-bond donors (Lipinski definition) is 0. The van der Waals surface area contributed by atoms with Gasteiger partial charge in [-0.3, -0.25) is 0 Å². The lowest BCUT2D eigenvalue weighted by Crippen LogP contribution is -2.40. The van der Waals surface area contributed by atoms with Crippen LogP contribution in [0.15, 0.2) is 54.6 Å². The van der Waals surface area contributed by atoms with Crippen LogP contribution >= 0.6 is 11.6 Å². The molecule has 0 amide bonds. The minimum atomic E-state index is -0.375. The maximum Gasteiger partial charge on any atom is 0.134 e. The van der Waals surface area contributed by atoms with Crippen LogP contribution in [0.1, 0.15) is 49.4 Å². The average Bonchev–Trinajstić information content (AvgIpc) is 3.09. The fourth-order valence-electron chi connectivity index (χ4n) is 5.53. The molecule has 2 atom stereocenters. The minimum absolute atomic E-state index is 0.00164. The summed E-state index contributed by atoms with van der Waals surface area (Å²) in [5.74, 6) is -0.0206. The van der Waals surface area contributed by atoms with Gasteiger partial charge in [-0.15, -0.1) is 0 Å². The number of rotatable bonds is 5. The van der Waals surface area contributed by atoms with Gasteiger partial charge in [-0.25, -0.2) is 4.39 Å². The molecule has 1 aromatic heterocycles. The molecule has 1 saturated carbocycles. The SMILES string of the molecule is CC1(C)[C@@H]2CC[C@@]1(COCc1ccccc1)c1nnc(-c3c(F)cccc3Cl)cc12. The largest absolute Gasteiger partial charge is 0.376 e. The lowest BCUT2D eigenvalue weighted by Gasteiger charge is -2.37. The quantitative estimate of drug-likeness (QED) is 0.483. The summed E-state index contributed by atoms with van der Waals surface area (Å²) in [6, 6.07) is 16.9. The highest BCUT2D eigenvalue weighted by molar-refractivity contribution is 6.33. The zero-order valence-corrected chi connectivity index (χ0v) is 17.9. The number of fused-ring (bicyclic) bond motifs is 5. The molecule has 5 heteroatoms. The zero-order chi connectivity index (χ0) is 20.9. The van der Waals surface area contributed by atoms with Crippen molar-refractivity contribution in [1.82, 2.24) is 10.2 Å². The molecule has 3 aromatic rings. The zero-order valence-electron chi connectivity index (χ0n) is 17.2. The molecule has 2 bridgehead atoms. The van der Waals surface area contributed by atoms with E-state index >= 15 is 0 Å². The van der Waals surface area contributed by atoms with Crippen LogP contribution in [0.2, 0.25) is 5.02 Å². The first kappa shape index (κ1) is 19.7. The molecule has 30 heavy (non-hydrogen) atoms. The van der Waals surface area contributed by atoms with E-state index in [-0.39, 0.29) is 16.6 Å². The number of halogens is 2. The van der Waals surface area contributed by atoms with Crippen molar-refractivity contribution in [2.24, 2.45) is 5.41 Å². The third kappa shape index (κ3) is 2.81. The molecule has 5 rings (SSSR count). The van der Waals surface area contributed by atoms with Crippen molar-refractivity contribution in [1.29, 1.82) is 0 Å². The molecule has 0 unspecified atom stereocenters. The van der Waals surface area contributed by atoms with E-state index in [0.717, 1.165) is 24.1 Å². The molecule has 3 nitrogen and oxygen atoms in total. The Bertz CT molecular complexity index is 1080. The van der Waals surface area contributed by atoms with Gasteiger partial charge in [0.1, 0.15) is 5.82 Å². The van der Waals surface area contributed by atoms with Crippen LogP contribution in [0.4, 0.5) is 4.39 Å². The van der Waals surface area contributed by atoms with Crippen LogP contribution in [-0.2, 0) is 16.8 Å². The number of nitrogens with zero attached hydrogens (tertiary/aromatic N) is 2. The second-order valence-electron chi connectivity index (χ2n) is 9.00. The normalized spacial score (nSPS) is 23.5. The van der Waals surface area contributed by atoms with Gasteiger partial charge in [0.15, 0.2) is 0 Å². The summed E-state index contributed by atoms with van der Waals surface area (Å²) in [6.07, 6.45) is 2.10. The van der Waals surface area contributed by atoms with Gasteiger partial charge in [0.25, 0.3) is 0 Å². The Balaban J connectivity index is 1.49. The molecule has 2 aliphatic carbocycles. The predicted octanol–water partition coefficient (Wildman–Crippen LogP) is 6.31. The van der Waals surface area contributed by atoms with Crippen LogP contribution < -0.4 is 0 Å². The summed E-state index contributed by atoms with van der Waals surface area (Å²) in [6.45, 7) is 5.78.